The molecule has 0 aromatic rings. The van der Waals surface area contributed by atoms with Crippen LogP contribution in [0.4, 0.5) is 0 Å². The highest BCUT2D eigenvalue weighted by atomic mass is 15.2. The van der Waals surface area contributed by atoms with Crippen molar-refractivity contribution in [2.45, 2.75) is 92.2 Å². The zero-order valence-electron chi connectivity index (χ0n) is 18.3. The first-order valence-corrected chi connectivity index (χ1v) is 10.7. The van der Waals surface area contributed by atoms with Gasteiger partial charge in [-0.05, 0) is 37.5 Å². The molecule has 1 aliphatic rings. The molecule has 4 heteroatoms. The fraction of sp³-hybridized carbons (Fsp3) is 0.864. The summed E-state index contributed by atoms with van der Waals surface area (Å²) >= 11 is 0. The Balaban J connectivity index is 2.47. The van der Waals surface area contributed by atoms with Crippen LogP contribution < -0.4 is 10.6 Å². The fourth-order valence-electron chi connectivity index (χ4n) is 3.81. The number of piperidine rings is 1. The number of amidine groups is 1. The van der Waals surface area contributed by atoms with Gasteiger partial charge >= 0.3 is 0 Å². The lowest BCUT2D eigenvalue weighted by Crippen LogP contribution is -2.52. The SMILES string of the molecule is C=C(CN1C(C)CCCC1[C@H](C)C(C)(C)C)NCCC(=N)NCCCC. The molecule has 0 radical (unpaired) electrons. The molecule has 0 saturated carbocycles. The Morgan fingerprint density at radius 2 is 1.92 bits per heavy atom. The summed E-state index contributed by atoms with van der Waals surface area (Å²) in [6, 6.07) is 1.25. The van der Waals surface area contributed by atoms with Crippen LogP contribution >= 0.6 is 0 Å². The van der Waals surface area contributed by atoms with E-state index in [0.29, 0.717) is 29.3 Å². The molecule has 0 amide bonds. The van der Waals surface area contributed by atoms with Gasteiger partial charge in [0.15, 0.2) is 0 Å². The van der Waals surface area contributed by atoms with E-state index in [1.165, 1.54) is 19.3 Å². The van der Waals surface area contributed by atoms with Crippen molar-refractivity contribution in [3.05, 3.63) is 12.3 Å². The second kappa shape index (κ2) is 11.0. The van der Waals surface area contributed by atoms with Crippen molar-refractivity contribution in [3.63, 3.8) is 0 Å². The third-order valence-electron chi connectivity index (χ3n) is 6.05. The van der Waals surface area contributed by atoms with Crippen molar-refractivity contribution in [2.75, 3.05) is 19.6 Å². The molecule has 152 valence electrons. The van der Waals surface area contributed by atoms with Crippen LogP contribution in [0.2, 0.25) is 0 Å². The topological polar surface area (TPSA) is 51.2 Å². The summed E-state index contributed by atoms with van der Waals surface area (Å²) in [7, 11) is 0. The van der Waals surface area contributed by atoms with Crippen LogP contribution in [-0.2, 0) is 0 Å². The Kier molecular flexibility index (Phi) is 9.70. The number of nitrogens with zero attached hydrogens (tertiary/aromatic N) is 1. The smallest absolute Gasteiger partial charge is 0.0949 e. The number of unbranched alkanes of at least 4 members (excludes halogenated alkanes) is 1. The van der Waals surface area contributed by atoms with Crippen molar-refractivity contribution >= 4 is 5.84 Å². The molecule has 2 unspecified atom stereocenters. The zero-order valence-corrected chi connectivity index (χ0v) is 18.3. The van der Waals surface area contributed by atoms with E-state index in [4.69, 9.17) is 5.41 Å². The maximum absolute atomic E-state index is 7.96. The van der Waals surface area contributed by atoms with Gasteiger partial charge in [-0.3, -0.25) is 10.3 Å². The van der Waals surface area contributed by atoms with E-state index in [1.54, 1.807) is 0 Å². The first-order chi connectivity index (χ1) is 12.2. The van der Waals surface area contributed by atoms with E-state index in [0.717, 1.165) is 44.6 Å². The van der Waals surface area contributed by atoms with Gasteiger partial charge in [-0.1, -0.05) is 54.0 Å². The Labute approximate surface area is 162 Å². The van der Waals surface area contributed by atoms with E-state index in [-0.39, 0.29) is 0 Å². The average Bonchev–Trinajstić information content (AvgIpc) is 2.55. The normalized spacial score (nSPS) is 22.7. The molecule has 3 atom stereocenters. The van der Waals surface area contributed by atoms with Crippen LogP contribution in [0, 0.1) is 16.7 Å². The maximum atomic E-state index is 7.96. The zero-order chi connectivity index (χ0) is 19.7. The van der Waals surface area contributed by atoms with Gasteiger partial charge in [0.25, 0.3) is 0 Å². The van der Waals surface area contributed by atoms with Gasteiger partial charge in [-0.25, -0.2) is 0 Å². The molecule has 1 fully saturated rings. The third kappa shape index (κ3) is 7.69. The number of hydrogen-bond acceptors (Lipinski definition) is 3. The molecule has 1 rings (SSSR count). The summed E-state index contributed by atoms with van der Waals surface area (Å²) in [6.45, 7) is 20.9. The largest absolute Gasteiger partial charge is 0.387 e. The monoisotopic (exact) mass is 364 g/mol. The maximum Gasteiger partial charge on any atom is 0.0949 e. The standard InChI is InChI=1S/C22H44N4/c1-8-9-14-25-21(23)13-15-24-17(2)16-26-18(3)11-10-12-20(26)19(4)22(5,6)7/h18-20,24H,2,8-16H2,1,3-7H3,(H2,23,25)/t18?,19-,20?/m0/s1. The van der Waals surface area contributed by atoms with Crippen LogP contribution in [0.3, 0.4) is 0 Å². The van der Waals surface area contributed by atoms with Gasteiger partial charge in [0.1, 0.15) is 0 Å². The Morgan fingerprint density at radius 1 is 1.23 bits per heavy atom. The van der Waals surface area contributed by atoms with Crippen molar-refractivity contribution in [3.8, 4) is 0 Å². The molecule has 1 aliphatic heterocycles. The van der Waals surface area contributed by atoms with E-state index >= 15 is 0 Å². The van der Waals surface area contributed by atoms with E-state index in [1.807, 2.05) is 0 Å². The summed E-state index contributed by atoms with van der Waals surface area (Å²) < 4.78 is 0. The summed E-state index contributed by atoms with van der Waals surface area (Å²) in [5, 5.41) is 14.6. The van der Waals surface area contributed by atoms with E-state index in [2.05, 4.69) is 63.7 Å². The van der Waals surface area contributed by atoms with Crippen LogP contribution in [0.25, 0.3) is 0 Å². The van der Waals surface area contributed by atoms with Crippen LogP contribution in [0.15, 0.2) is 12.3 Å². The van der Waals surface area contributed by atoms with Gasteiger partial charge in [0, 0.05) is 43.8 Å². The van der Waals surface area contributed by atoms with E-state index in [9.17, 15) is 0 Å². The molecule has 1 heterocycles. The lowest BCUT2D eigenvalue weighted by Gasteiger charge is -2.47. The van der Waals surface area contributed by atoms with Gasteiger partial charge in [-0.15, -0.1) is 0 Å². The van der Waals surface area contributed by atoms with Crippen molar-refractivity contribution < 1.29 is 0 Å². The molecule has 0 aromatic carbocycles. The number of likely N-dealkylation sites (tertiary alicyclic amines) is 1. The minimum atomic E-state index is 0.327. The van der Waals surface area contributed by atoms with Crippen LogP contribution in [-0.4, -0.2) is 42.5 Å². The molecule has 0 spiro atoms. The Morgan fingerprint density at radius 3 is 2.54 bits per heavy atom. The predicted molar refractivity (Wildman–Crippen MR) is 115 cm³/mol. The minimum Gasteiger partial charge on any atom is -0.387 e. The second-order valence-electron chi connectivity index (χ2n) is 9.21. The summed E-state index contributed by atoms with van der Waals surface area (Å²) in [5.74, 6) is 1.29. The molecule has 3 N–H and O–H groups in total. The minimum absolute atomic E-state index is 0.327. The van der Waals surface area contributed by atoms with Gasteiger partial charge in [0.05, 0.1) is 5.84 Å². The first kappa shape index (κ1) is 23.0. The molecule has 0 aliphatic carbocycles. The summed E-state index contributed by atoms with van der Waals surface area (Å²) in [6.07, 6.45) is 6.94. The van der Waals surface area contributed by atoms with Gasteiger partial charge in [0.2, 0.25) is 0 Å². The van der Waals surface area contributed by atoms with Gasteiger partial charge in [-0.2, -0.15) is 0 Å². The molecule has 4 nitrogen and oxygen atoms in total. The van der Waals surface area contributed by atoms with Crippen molar-refractivity contribution in [1.82, 2.24) is 15.5 Å². The van der Waals surface area contributed by atoms with Crippen LogP contribution in [0.5, 0.6) is 0 Å². The molecule has 1 saturated heterocycles. The van der Waals surface area contributed by atoms with E-state index < -0.39 is 0 Å². The Hall–Kier alpha value is -1.03. The quantitative estimate of drug-likeness (QED) is 0.297. The fourth-order valence-corrected chi connectivity index (χ4v) is 3.81. The summed E-state index contributed by atoms with van der Waals surface area (Å²) in [4.78, 5) is 2.67. The molecular formula is C22H44N4. The van der Waals surface area contributed by atoms with Crippen LogP contribution in [0.1, 0.15) is 80.1 Å². The number of rotatable bonds is 10. The highest BCUT2D eigenvalue weighted by Crippen LogP contribution is 2.36. The summed E-state index contributed by atoms with van der Waals surface area (Å²) in [5.41, 5.74) is 1.42. The highest BCUT2D eigenvalue weighted by molar-refractivity contribution is 5.79. The number of hydrogen-bond donors (Lipinski definition) is 3. The second-order valence-corrected chi connectivity index (χ2v) is 9.21. The highest BCUT2D eigenvalue weighted by Gasteiger charge is 2.36. The molecular weight excluding hydrogens is 320 g/mol. The predicted octanol–water partition coefficient (Wildman–Crippen LogP) is 4.77. The lowest BCUT2D eigenvalue weighted by atomic mass is 9.74. The lowest BCUT2D eigenvalue weighted by molar-refractivity contribution is 0.0291. The molecule has 0 aromatic heterocycles. The van der Waals surface area contributed by atoms with Gasteiger partial charge < -0.3 is 10.6 Å². The first-order valence-electron chi connectivity index (χ1n) is 10.7. The molecule has 0 bridgehead atoms. The van der Waals surface area contributed by atoms with Crippen molar-refractivity contribution in [2.24, 2.45) is 11.3 Å². The average molecular weight is 365 g/mol. The number of nitrogens with one attached hydrogen (secondary N) is 3. The van der Waals surface area contributed by atoms with Crippen molar-refractivity contribution in [1.29, 1.82) is 5.41 Å². The molecule has 26 heavy (non-hydrogen) atoms. The Bertz CT molecular complexity index is 438. The third-order valence-corrected chi connectivity index (χ3v) is 6.05.